The number of sulfonamides is 1. The van der Waals surface area contributed by atoms with Gasteiger partial charge in [-0.1, -0.05) is 60.2 Å². The highest BCUT2D eigenvalue weighted by Gasteiger charge is 2.28. The van der Waals surface area contributed by atoms with Gasteiger partial charge in [-0.3, -0.25) is 0 Å². The van der Waals surface area contributed by atoms with Gasteiger partial charge in [0.2, 0.25) is 10.0 Å². The van der Waals surface area contributed by atoms with Crippen molar-refractivity contribution in [3.63, 3.8) is 0 Å². The highest BCUT2D eigenvalue weighted by molar-refractivity contribution is 7.89. The van der Waals surface area contributed by atoms with Gasteiger partial charge in [0.1, 0.15) is 0 Å². The molecule has 6 heteroatoms. The number of benzene rings is 3. The Morgan fingerprint density at radius 1 is 0.962 bits per heavy atom. The van der Waals surface area contributed by atoms with Crippen LogP contribution in [-0.4, -0.2) is 31.3 Å². The lowest BCUT2D eigenvalue weighted by molar-refractivity contribution is 0.0697. The fourth-order valence-corrected chi connectivity index (χ4v) is 4.18. The van der Waals surface area contributed by atoms with Gasteiger partial charge in [0.05, 0.1) is 23.6 Å². The first-order chi connectivity index (χ1) is 12.4. The van der Waals surface area contributed by atoms with Crippen molar-refractivity contribution in [1.29, 1.82) is 0 Å². The van der Waals surface area contributed by atoms with E-state index in [-0.39, 0.29) is 4.90 Å². The molecule has 0 spiro atoms. The maximum atomic E-state index is 12.8. The third-order valence-corrected chi connectivity index (χ3v) is 5.80. The molecule has 3 rings (SSSR count). The molecule has 26 heavy (non-hydrogen) atoms. The van der Waals surface area contributed by atoms with Crippen molar-refractivity contribution < 1.29 is 18.6 Å². The van der Waals surface area contributed by atoms with E-state index in [0.29, 0.717) is 5.56 Å². The largest absolute Gasteiger partial charge is 0.394 e. The molecule has 0 aliphatic rings. The van der Waals surface area contributed by atoms with Gasteiger partial charge in [-0.05, 0) is 35.4 Å². The Kier molecular flexibility index (Phi) is 5.38. The fraction of sp³-hybridized carbons (Fsp3) is 0.200. The van der Waals surface area contributed by atoms with Crippen LogP contribution in [0.1, 0.15) is 17.2 Å². The van der Waals surface area contributed by atoms with Gasteiger partial charge in [0, 0.05) is 0 Å². The number of aryl methyl sites for hydroxylation is 1. The SMILES string of the molecule is Cc1ccc(S(=O)(=O)N[C@@H](c2cccc3ccccc23)[C@@H](O)CO)cc1. The van der Waals surface area contributed by atoms with Crippen LogP contribution in [0.2, 0.25) is 0 Å². The molecule has 0 aliphatic carbocycles. The summed E-state index contributed by atoms with van der Waals surface area (Å²) in [5.41, 5.74) is 1.56. The lowest BCUT2D eigenvalue weighted by atomic mass is 9.96. The molecule has 5 nitrogen and oxygen atoms in total. The minimum Gasteiger partial charge on any atom is -0.394 e. The Morgan fingerprint density at radius 2 is 1.62 bits per heavy atom. The van der Waals surface area contributed by atoms with E-state index < -0.39 is 28.8 Å². The summed E-state index contributed by atoms with van der Waals surface area (Å²) in [5, 5.41) is 21.5. The standard InChI is InChI=1S/C20H21NO4S/c1-14-9-11-16(12-10-14)26(24,25)21-20(19(23)13-22)18-8-4-6-15-5-2-3-7-17(15)18/h2-12,19-23H,13H2,1H3/t19-,20-/m0/s1. The zero-order valence-corrected chi connectivity index (χ0v) is 15.1. The van der Waals surface area contributed by atoms with Crippen molar-refractivity contribution >= 4 is 20.8 Å². The lowest BCUT2D eigenvalue weighted by Crippen LogP contribution is -2.38. The molecule has 0 amide bonds. The summed E-state index contributed by atoms with van der Waals surface area (Å²) in [4.78, 5) is 0.110. The summed E-state index contributed by atoms with van der Waals surface area (Å²) in [6, 6.07) is 18.5. The number of fused-ring (bicyclic) bond motifs is 1. The lowest BCUT2D eigenvalue weighted by Gasteiger charge is -2.24. The van der Waals surface area contributed by atoms with E-state index in [1.807, 2.05) is 37.3 Å². The second-order valence-corrected chi connectivity index (χ2v) is 7.94. The molecular weight excluding hydrogens is 350 g/mol. The van der Waals surface area contributed by atoms with Gasteiger partial charge >= 0.3 is 0 Å². The third kappa shape index (κ3) is 3.78. The molecule has 3 aromatic carbocycles. The Balaban J connectivity index is 2.05. The van der Waals surface area contributed by atoms with Crippen LogP contribution in [0.4, 0.5) is 0 Å². The van der Waals surface area contributed by atoms with E-state index >= 15 is 0 Å². The number of hydrogen-bond acceptors (Lipinski definition) is 4. The van der Waals surface area contributed by atoms with Crippen molar-refractivity contribution in [2.75, 3.05) is 6.61 Å². The molecule has 0 aliphatic heterocycles. The first-order valence-electron chi connectivity index (χ1n) is 8.28. The van der Waals surface area contributed by atoms with Crippen molar-refractivity contribution in [3.8, 4) is 0 Å². The molecule has 0 saturated heterocycles. The van der Waals surface area contributed by atoms with Crippen molar-refractivity contribution in [1.82, 2.24) is 4.72 Å². The Labute approximate surface area is 153 Å². The molecule has 0 radical (unpaired) electrons. The summed E-state index contributed by atoms with van der Waals surface area (Å²) < 4.78 is 28.1. The quantitative estimate of drug-likeness (QED) is 0.621. The van der Waals surface area contributed by atoms with Crippen LogP contribution in [0, 0.1) is 6.92 Å². The Morgan fingerprint density at radius 3 is 2.31 bits per heavy atom. The van der Waals surface area contributed by atoms with Gasteiger partial charge in [-0.15, -0.1) is 0 Å². The van der Waals surface area contributed by atoms with Crippen LogP contribution < -0.4 is 4.72 Å². The number of rotatable bonds is 6. The maximum Gasteiger partial charge on any atom is 0.241 e. The first kappa shape index (κ1) is 18.5. The van der Waals surface area contributed by atoms with Crippen LogP contribution in [0.3, 0.4) is 0 Å². The van der Waals surface area contributed by atoms with Crippen molar-refractivity contribution in [3.05, 3.63) is 77.9 Å². The van der Waals surface area contributed by atoms with Crippen LogP contribution in [0.5, 0.6) is 0 Å². The topological polar surface area (TPSA) is 86.6 Å². The van der Waals surface area contributed by atoms with Crippen LogP contribution >= 0.6 is 0 Å². The van der Waals surface area contributed by atoms with E-state index in [1.54, 1.807) is 24.3 Å². The van der Waals surface area contributed by atoms with E-state index in [1.165, 1.54) is 12.1 Å². The number of aliphatic hydroxyl groups is 2. The monoisotopic (exact) mass is 371 g/mol. The summed E-state index contributed by atoms with van der Waals surface area (Å²) in [5.74, 6) is 0. The molecule has 3 aromatic rings. The van der Waals surface area contributed by atoms with Gasteiger partial charge in [0.15, 0.2) is 0 Å². The van der Waals surface area contributed by atoms with Crippen LogP contribution in [-0.2, 0) is 10.0 Å². The Hall–Kier alpha value is -2.25. The van der Waals surface area contributed by atoms with E-state index in [4.69, 9.17) is 0 Å². The Bertz CT molecular complexity index is 995. The highest BCUT2D eigenvalue weighted by atomic mass is 32.2. The summed E-state index contributed by atoms with van der Waals surface area (Å²) in [6.07, 6.45) is -1.28. The van der Waals surface area contributed by atoms with E-state index in [0.717, 1.165) is 16.3 Å². The normalized spacial score (nSPS) is 14.3. The van der Waals surface area contributed by atoms with Gasteiger partial charge in [-0.2, -0.15) is 0 Å². The molecule has 0 aromatic heterocycles. The number of aliphatic hydroxyl groups excluding tert-OH is 2. The van der Waals surface area contributed by atoms with Crippen molar-refractivity contribution in [2.45, 2.75) is 24.0 Å². The maximum absolute atomic E-state index is 12.8. The fourth-order valence-electron chi connectivity index (χ4n) is 2.93. The average Bonchev–Trinajstić information content (AvgIpc) is 2.65. The molecule has 2 atom stereocenters. The minimum atomic E-state index is -3.87. The second-order valence-electron chi connectivity index (χ2n) is 6.23. The zero-order chi connectivity index (χ0) is 18.7. The van der Waals surface area contributed by atoms with E-state index in [2.05, 4.69) is 4.72 Å². The van der Waals surface area contributed by atoms with Crippen LogP contribution in [0.15, 0.2) is 71.6 Å². The molecular formula is C20H21NO4S. The number of nitrogens with one attached hydrogen (secondary N) is 1. The molecule has 0 fully saturated rings. The van der Waals surface area contributed by atoms with Gasteiger partial charge < -0.3 is 10.2 Å². The van der Waals surface area contributed by atoms with Gasteiger partial charge in [0.25, 0.3) is 0 Å². The predicted molar refractivity (Wildman–Crippen MR) is 101 cm³/mol. The average molecular weight is 371 g/mol. The van der Waals surface area contributed by atoms with Gasteiger partial charge in [-0.25, -0.2) is 13.1 Å². The summed E-state index contributed by atoms with van der Waals surface area (Å²) >= 11 is 0. The first-order valence-corrected chi connectivity index (χ1v) is 9.76. The smallest absolute Gasteiger partial charge is 0.241 e. The predicted octanol–water partition coefficient (Wildman–Crippen LogP) is 2.52. The van der Waals surface area contributed by atoms with E-state index in [9.17, 15) is 18.6 Å². The van der Waals surface area contributed by atoms with Crippen molar-refractivity contribution in [2.24, 2.45) is 0 Å². The third-order valence-electron chi connectivity index (χ3n) is 4.34. The molecule has 0 saturated carbocycles. The minimum absolute atomic E-state index is 0.110. The van der Waals surface area contributed by atoms with Crippen LogP contribution in [0.25, 0.3) is 10.8 Å². The molecule has 0 unspecified atom stereocenters. The molecule has 0 bridgehead atoms. The molecule has 3 N–H and O–H groups in total. The summed E-state index contributed by atoms with van der Waals surface area (Å²) in [7, 11) is -3.87. The second kappa shape index (κ2) is 7.55. The number of hydrogen-bond donors (Lipinski definition) is 3. The molecule has 136 valence electrons. The summed E-state index contributed by atoms with van der Waals surface area (Å²) in [6.45, 7) is 1.31. The zero-order valence-electron chi connectivity index (χ0n) is 14.3. The molecule has 0 heterocycles. The highest BCUT2D eigenvalue weighted by Crippen LogP contribution is 2.28.